The minimum Gasteiger partial charge on any atom is -0.314 e. The van der Waals surface area contributed by atoms with Crippen molar-refractivity contribution in [2.45, 2.75) is 31.7 Å². The third-order valence-electron chi connectivity index (χ3n) is 2.28. The summed E-state index contributed by atoms with van der Waals surface area (Å²) >= 11 is 0. The Bertz CT molecular complexity index is 284. The summed E-state index contributed by atoms with van der Waals surface area (Å²) in [6.45, 7) is 0.651. The molecular weight excluding hydrogens is 202 g/mol. The minimum absolute atomic E-state index is 0.150. The first-order valence-corrected chi connectivity index (χ1v) is 6.52. The number of allylic oxidation sites excluding steroid dienone is 1. The van der Waals surface area contributed by atoms with Gasteiger partial charge in [-0.1, -0.05) is 12.2 Å². The molecule has 0 saturated carbocycles. The van der Waals surface area contributed by atoms with Crippen molar-refractivity contribution in [1.29, 1.82) is 0 Å². The zero-order chi connectivity index (χ0) is 10.4. The van der Waals surface area contributed by atoms with E-state index < -0.39 is 10.1 Å². The first-order valence-electron chi connectivity index (χ1n) is 4.91. The average molecular weight is 219 g/mol. The van der Waals surface area contributed by atoms with Crippen LogP contribution in [0.25, 0.3) is 0 Å². The molecule has 1 rings (SSSR count). The highest BCUT2D eigenvalue weighted by atomic mass is 32.2. The van der Waals surface area contributed by atoms with Gasteiger partial charge in [0.05, 0.1) is 5.75 Å². The van der Waals surface area contributed by atoms with Crippen LogP contribution in [0.4, 0.5) is 0 Å². The van der Waals surface area contributed by atoms with Crippen LogP contribution < -0.4 is 5.32 Å². The molecule has 0 fully saturated rings. The first-order chi connectivity index (χ1) is 6.58. The molecule has 82 valence electrons. The first kappa shape index (κ1) is 11.7. The zero-order valence-electron chi connectivity index (χ0n) is 8.15. The van der Waals surface area contributed by atoms with Crippen LogP contribution in [-0.2, 0) is 10.1 Å². The van der Waals surface area contributed by atoms with Crippen molar-refractivity contribution in [3.63, 3.8) is 0 Å². The molecule has 4 nitrogen and oxygen atoms in total. The fraction of sp³-hybridized carbons (Fsp3) is 0.778. The van der Waals surface area contributed by atoms with Crippen LogP contribution in [0.1, 0.15) is 25.7 Å². The third kappa shape index (κ3) is 5.36. The molecule has 0 radical (unpaired) electrons. The highest BCUT2D eigenvalue weighted by molar-refractivity contribution is 7.85. The van der Waals surface area contributed by atoms with Crippen LogP contribution in [0.2, 0.25) is 0 Å². The molecule has 0 heterocycles. The summed E-state index contributed by atoms with van der Waals surface area (Å²) in [6.07, 6.45) is 8.00. The zero-order valence-corrected chi connectivity index (χ0v) is 8.96. The molecule has 0 aromatic carbocycles. The predicted octanol–water partition coefficient (Wildman–Crippen LogP) is 0.963. The van der Waals surface area contributed by atoms with Gasteiger partial charge in [0.25, 0.3) is 10.1 Å². The van der Waals surface area contributed by atoms with Crippen molar-refractivity contribution < 1.29 is 13.0 Å². The Balaban J connectivity index is 2.07. The van der Waals surface area contributed by atoms with Gasteiger partial charge in [0.1, 0.15) is 0 Å². The Hall–Kier alpha value is -0.390. The average Bonchev–Trinajstić information content (AvgIpc) is 2.13. The number of hydrogen-bond donors (Lipinski definition) is 2. The maximum Gasteiger partial charge on any atom is 0.264 e. The monoisotopic (exact) mass is 219 g/mol. The van der Waals surface area contributed by atoms with E-state index in [-0.39, 0.29) is 5.75 Å². The van der Waals surface area contributed by atoms with Gasteiger partial charge in [-0.05, 0) is 32.2 Å². The molecule has 1 atom stereocenters. The molecule has 14 heavy (non-hydrogen) atoms. The van der Waals surface area contributed by atoms with E-state index in [0.717, 1.165) is 19.3 Å². The van der Waals surface area contributed by atoms with Crippen molar-refractivity contribution in [1.82, 2.24) is 5.32 Å². The second-order valence-corrected chi connectivity index (χ2v) is 5.15. The van der Waals surface area contributed by atoms with Gasteiger partial charge >= 0.3 is 0 Å². The minimum atomic E-state index is -3.78. The smallest absolute Gasteiger partial charge is 0.264 e. The normalized spacial score (nSPS) is 22.5. The lowest BCUT2D eigenvalue weighted by Crippen LogP contribution is -2.31. The van der Waals surface area contributed by atoms with Crippen LogP contribution in [0, 0.1) is 0 Å². The molecule has 0 unspecified atom stereocenters. The summed E-state index contributed by atoms with van der Waals surface area (Å²) in [4.78, 5) is 0. The topological polar surface area (TPSA) is 66.4 Å². The van der Waals surface area contributed by atoms with E-state index in [0.29, 0.717) is 19.0 Å². The summed E-state index contributed by atoms with van der Waals surface area (Å²) in [7, 11) is -3.78. The quantitative estimate of drug-likeness (QED) is 0.410. The highest BCUT2D eigenvalue weighted by Crippen LogP contribution is 2.10. The Kier molecular flexibility index (Phi) is 4.57. The molecule has 0 amide bonds. The molecule has 1 aliphatic rings. The SMILES string of the molecule is O=S(=O)(O)CCCN[C@@H]1CC=CCC1. The van der Waals surface area contributed by atoms with Crippen LogP contribution in [0.15, 0.2) is 12.2 Å². The highest BCUT2D eigenvalue weighted by Gasteiger charge is 2.09. The van der Waals surface area contributed by atoms with Gasteiger partial charge in [-0.15, -0.1) is 0 Å². The molecule has 0 bridgehead atoms. The van der Waals surface area contributed by atoms with E-state index in [4.69, 9.17) is 4.55 Å². The predicted molar refractivity (Wildman–Crippen MR) is 55.8 cm³/mol. The largest absolute Gasteiger partial charge is 0.314 e. The molecular formula is C9H17NO3S. The summed E-state index contributed by atoms with van der Waals surface area (Å²) in [5, 5.41) is 3.27. The van der Waals surface area contributed by atoms with Crippen molar-refractivity contribution in [2.75, 3.05) is 12.3 Å². The Morgan fingerprint density at radius 1 is 1.43 bits per heavy atom. The van der Waals surface area contributed by atoms with Crippen LogP contribution in [-0.4, -0.2) is 31.3 Å². The summed E-state index contributed by atoms with van der Waals surface area (Å²) in [5.41, 5.74) is 0. The van der Waals surface area contributed by atoms with E-state index in [1.807, 2.05) is 0 Å². The number of nitrogens with one attached hydrogen (secondary N) is 1. The van der Waals surface area contributed by atoms with E-state index in [2.05, 4.69) is 17.5 Å². The van der Waals surface area contributed by atoms with Crippen molar-refractivity contribution >= 4 is 10.1 Å². The van der Waals surface area contributed by atoms with Gasteiger partial charge in [-0.2, -0.15) is 8.42 Å². The van der Waals surface area contributed by atoms with Gasteiger partial charge in [0, 0.05) is 6.04 Å². The summed E-state index contributed by atoms with van der Waals surface area (Å²) in [5.74, 6) is -0.150. The van der Waals surface area contributed by atoms with E-state index in [1.165, 1.54) is 0 Å². The molecule has 0 aromatic heterocycles. The lowest BCUT2D eigenvalue weighted by atomic mass is 10.0. The maximum absolute atomic E-state index is 10.4. The van der Waals surface area contributed by atoms with E-state index >= 15 is 0 Å². The van der Waals surface area contributed by atoms with Gasteiger partial charge in [-0.25, -0.2) is 0 Å². The van der Waals surface area contributed by atoms with Crippen LogP contribution in [0.5, 0.6) is 0 Å². The van der Waals surface area contributed by atoms with Crippen LogP contribution in [0.3, 0.4) is 0 Å². The third-order valence-corrected chi connectivity index (χ3v) is 3.09. The number of hydrogen-bond acceptors (Lipinski definition) is 3. The van der Waals surface area contributed by atoms with E-state index in [1.54, 1.807) is 0 Å². The molecule has 1 aliphatic carbocycles. The molecule has 0 saturated heterocycles. The lowest BCUT2D eigenvalue weighted by molar-refractivity contribution is 0.461. The summed E-state index contributed by atoms with van der Waals surface area (Å²) in [6, 6.07) is 0.474. The van der Waals surface area contributed by atoms with Gasteiger partial charge < -0.3 is 5.32 Å². The molecule has 0 spiro atoms. The standard InChI is InChI=1S/C9H17NO3S/c11-14(12,13)8-4-7-10-9-5-2-1-3-6-9/h1-2,9-10H,3-8H2,(H,11,12,13)/t9-/m1/s1. The Labute approximate surface area is 85.1 Å². The maximum atomic E-state index is 10.4. The summed E-state index contributed by atoms with van der Waals surface area (Å²) < 4.78 is 29.3. The Morgan fingerprint density at radius 3 is 2.79 bits per heavy atom. The van der Waals surface area contributed by atoms with Gasteiger partial charge in [-0.3, -0.25) is 4.55 Å². The fourth-order valence-electron chi connectivity index (χ4n) is 1.54. The van der Waals surface area contributed by atoms with Crippen molar-refractivity contribution in [3.8, 4) is 0 Å². The lowest BCUT2D eigenvalue weighted by Gasteiger charge is -2.18. The molecule has 5 heteroatoms. The Morgan fingerprint density at radius 2 is 2.21 bits per heavy atom. The van der Waals surface area contributed by atoms with Crippen LogP contribution >= 0.6 is 0 Å². The molecule has 0 aliphatic heterocycles. The molecule has 0 aromatic rings. The van der Waals surface area contributed by atoms with E-state index in [9.17, 15) is 8.42 Å². The van der Waals surface area contributed by atoms with Gasteiger partial charge in [0.15, 0.2) is 0 Å². The molecule has 2 N–H and O–H groups in total. The van der Waals surface area contributed by atoms with Crippen molar-refractivity contribution in [3.05, 3.63) is 12.2 Å². The van der Waals surface area contributed by atoms with Crippen molar-refractivity contribution in [2.24, 2.45) is 0 Å². The fourth-order valence-corrected chi connectivity index (χ4v) is 2.05. The second kappa shape index (κ2) is 5.48. The van der Waals surface area contributed by atoms with Gasteiger partial charge in [0.2, 0.25) is 0 Å². The number of rotatable bonds is 5. The second-order valence-electron chi connectivity index (χ2n) is 3.58.